The number of pyridine rings is 1. The van der Waals surface area contributed by atoms with Crippen LogP contribution in [0.2, 0.25) is 5.02 Å². The van der Waals surface area contributed by atoms with E-state index in [1.807, 2.05) is 26.0 Å². The fraction of sp³-hybridized carbons (Fsp3) is 0.455. The third-order valence-corrected chi connectivity index (χ3v) is 5.15. The van der Waals surface area contributed by atoms with Gasteiger partial charge in [-0.2, -0.15) is 0 Å². The van der Waals surface area contributed by atoms with Crippen molar-refractivity contribution in [3.63, 3.8) is 0 Å². The van der Waals surface area contributed by atoms with Crippen molar-refractivity contribution in [2.45, 2.75) is 45.6 Å². The number of hydrogen-bond acceptors (Lipinski definition) is 4. The Morgan fingerprint density at radius 2 is 2.00 bits per heavy atom. The van der Waals surface area contributed by atoms with Gasteiger partial charge in [-0.3, -0.25) is 4.99 Å². The van der Waals surface area contributed by atoms with Gasteiger partial charge in [0.25, 0.3) is 0 Å². The zero-order valence-electron chi connectivity index (χ0n) is 17.8. The maximum atomic E-state index is 6.28. The third-order valence-electron chi connectivity index (χ3n) is 4.86. The van der Waals surface area contributed by atoms with Crippen LogP contribution in [0.3, 0.4) is 0 Å². The average Bonchev–Trinajstić information content (AvgIpc) is 3.19. The maximum Gasteiger partial charge on any atom is 0.191 e. The van der Waals surface area contributed by atoms with E-state index in [2.05, 4.69) is 49.8 Å². The van der Waals surface area contributed by atoms with E-state index in [9.17, 15) is 0 Å². The summed E-state index contributed by atoms with van der Waals surface area (Å²) in [5, 5.41) is 7.59. The first kappa shape index (κ1) is 24.7. The smallest absolute Gasteiger partial charge is 0.191 e. The van der Waals surface area contributed by atoms with E-state index in [-0.39, 0.29) is 30.1 Å². The van der Waals surface area contributed by atoms with Gasteiger partial charge in [-0.25, -0.2) is 4.98 Å². The predicted molar refractivity (Wildman–Crippen MR) is 135 cm³/mol. The van der Waals surface area contributed by atoms with Gasteiger partial charge in [0.15, 0.2) is 5.96 Å². The molecule has 2 aromatic rings. The van der Waals surface area contributed by atoms with Crippen molar-refractivity contribution in [3.05, 3.63) is 58.7 Å². The summed E-state index contributed by atoms with van der Waals surface area (Å²) in [6.45, 7) is 7.23. The highest BCUT2D eigenvalue weighted by molar-refractivity contribution is 14.0. The molecule has 1 aromatic carbocycles. The van der Waals surface area contributed by atoms with Crippen molar-refractivity contribution in [1.29, 1.82) is 0 Å². The minimum absolute atomic E-state index is 0. The first-order valence-electron chi connectivity index (χ1n) is 10.1. The van der Waals surface area contributed by atoms with Crippen LogP contribution in [0.15, 0.2) is 47.6 Å². The second kappa shape index (κ2) is 12.3. The monoisotopic (exact) mass is 543 g/mol. The van der Waals surface area contributed by atoms with E-state index >= 15 is 0 Å². The summed E-state index contributed by atoms with van der Waals surface area (Å²) in [5.74, 6) is 1.65. The number of halogens is 2. The maximum absolute atomic E-state index is 6.28. The van der Waals surface area contributed by atoms with Crippen molar-refractivity contribution in [1.82, 2.24) is 15.6 Å². The molecule has 1 atom stereocenters. The molecule has 2 N–H and O–H groups in total. The van der Waals surface area contributed by atoms with Gasteiger partial charge in [-0.1, -0.05) is 35.9 Å². The quantitative estimate of drug-likeness (QED) is 0.311. The van der Waals surface area contributed by atoms with Gasteiger partial charge in [0.05, 0.1) is 17.7 Å². The van der Waals surface area contributed by atoms with E-state index in [0.717, 1.165) is 31.3 Å². The first-order chi connectivity index (χ1) is 14.0. The standard InChI is InChI=1S/C22H30ClN5O.HI/c1-16(2)29-15-18-8-6-17(7-9-18)13-26-22(24-3)27-19-10-12-28(14-19)21-20(23)5-4-11-25-21;/h4-9,11,16,19H,10,12-15H2,1-3H3,(H2,24,26,27);1H. The molecule has 0 saturated carbocycles. The van der Waals surface area contributed by atoms with E-state index in [1.165, 1.54) is 11.1 Å². The number of benzene rings is 1. The molecule has 0 amide bonds. The fourth-order valence-electron chi connectivity index (χ4n) is 3.27. The van der Waals surface area contributed by atoms with Crippen LogP contribution >= 0.6 is 35.6 Å². The van der Waals surface area contributed by atoms with Crippen molar-refractivity contribution < 1.29 is 4.74 Å². The molecule has 0 radical (unpaired) electrons. The average molecular weight is 544 g/mol. The van der Waals surface area contributed by atoms with Crippen LogP contribution in [0, 0.1) is 0 Å². The molecular formula is C22H31ClIN5O. The number of aromatic nitrogens is 1. The molecule has 1 aliphatic rings. The topological polar surface area (TPSA) is 61.8 Å². The SMILES string of the molecule is CN=C(NCc1ccc(COC(C)C)cc1)NC1CCN(c2ncccc2Cl)C1.I. The van der Waals surface area contributed by atoms with Gasteiger partial charge in [-0.05, 0) is 43.5 Å². The highest BCUT2D eigenvalue weighted by Crippen LogP contribution is 2.25. The summed E-state index contributed by atoms with van der Waals surface area (Å²) < 4.78 is 5.64. The van der Waals surface area contributed by atoms with Gasteiger partial charge < -0.3 is 20.3 Å². The Morgan fingerprint density at radius 3 is 2.67 bits per heavy atom. The highest BCUT2D eigenvalue weighted by Gasteiger charge is 2.25. The van der Waals surface area contributed by atoms with Gasteiger partial charge >= 0.3 is 0 Å². The summed E-state index contributed by atoms with van der Waals surface area (Å²) in [7, 11) is 1.80. The summed E-state index contributed by atoms with van der Waals surface area (Å²) in [6.07, 6.45) is 3.03. The van der Waals surface area contributed by atoms with Crippen LogP contribution in [-0.4, -0.2) is 43.2 Å². The lowest BCUT2D eigenvalue weighted by molar-refractivity contribution is 0.0657. The molecular weight excluding hydrogens is 513 g/mol. The Morgan fingerprint density at radius 1 is 1.27 bits per heavy atom. The zero-order valence-corrected chi connectivity index (χ0v) is 20.9. The van der Waals surface area contributed by atoms with Crippen LogP contribution in [0.1, 0.15) is 31.4 Å². The van der Waals surface area contributed by atoms with E-state index in [4.69, 9.17) is 16.3 Å². The minimum Gasteiger partial charge on any atom is -0.374 e. The Bertz CT molecular complexity index is 815. The normalized spacial score (nSPS) is 16.5. The fourth-order valence-corrected chi connectivity index (χ4v) is 3.51. The molecule has 0 bridgehead atoms. The second-order valence-corrected chi connectivity index (χ2v) is 7.89. The molecule has 6 nitrogen and oxygen atoms in total. The Balaban J connectivity index is 0.00000320. The van der Waals surface area contributed by atoms with Gasteiger partial charge in [0.2, 0.25) is 0 Å². The Kier molecular flexibility index (Phi) is 10.1. The number of nitrogens with zero attached hydrogens (tertiary/aromatic N) is 3. The Hall–Kier alpha value is -1.58. The predicted octanol–water partition coefficient (Wildman–Crippen LogP) is 4.22. The molecule has 0 aliphatic carbocycles. The number of nitrogens with one attached hydrogen (secondary N) is 2. The lowest BCUT2D eigenvalue weighted by Crippen LogP contribution is -2.44. The van der Waals surface area contributed by atoms with Gasteiger partial charge in [-0.15, -0.1) is 24.0 Å². The van der Waals surface area contributed by atoms with Crippen LogP contribution in [0.5, 0.6) is 0 Å². The number of hydrogen-bond donors (Lipinski definition) is 2. The molecule has 1 saturated heterocycles. The second-order valence-electron chi connectivity index (χ2n) is 7.49. The minimum atomic E-state index is 0. The molecule has 0 spiro atoms. The lowest BCUT2D eigenvalue weighted by Gasteiger charge is -2.20. The summed E-state index contributed by atoms with van der Waals surface area (Å²) >= 11 is 6.28. The summed E-state index contributed by atoms with van der Waals surface area (Å²) in [5.41, 5.74) is 2.39. The molecule has 1 unspecified atom stereocenters. The molecule has 1 fully saturated rings. The molecule has 1 aliphatic heterocycles. The number of anilines is 1. The number of guanidine groups is 1. The molecule has 2 heterocycles. The zero-order chi connectivity index (χ0) is 20.6. The largest absolute Gasteiger partial charge is 0.374 e. The lowest BCUT2D eigenvalue weighted by atomic mass is 10.1. The van der Waals surface area contributed by atoms with Gasteiger partial charge in [0, 0.05) is 38.9 Å². The van der Waals surface area contributed by atoms with Crippen LogP contribution in [0.4, 0.5) is 5.82 Å². The van der Waals surface area contributed by atoms with E-state index in [1.54, 1.807) is 13.2 Å². The van der Waals surface area contributed by atoms with Crippen molar-refractivity contribution in [3.8, 4) is 0 Å². The van der Waals surface area contributed by atoms with Crippen LogP contribution in [-0.2, 0) is 17.9 Å². The molecule has 164 valence electrons. The van der Waals surface area contributed by atoms with Crippen molar-refractivity contribution >= 4 is 47.4 Å². The number of ether oxygens (including phenoxy) is 1. The van der Waals surface area contributed by atoms with Crippen molar-refractivity contribution in [2.75, 3.05) is 25.0 Å². The number of rotatable bonds is 7. The molecule has 30 heavy (non-hydrogen) atoms. The van der Waals surface area contributed by atoms with Crippen LogP contribution in [0.25, 0.3) is 0 Å². The van der Waals surface area contributed by atoms with Crippen molar-refractivity contribution in [2.24, 2.45) is 4.99 Å². The van der Waals surface area contributed by atoms with Crippen LogP contribution < -0.4 is 15.5 Å². The molecule has 8 heteroatoms. The van der Waals surface area contributed by atoms with E-state index in [0.29, 0.717) is 24.2 Å². The van der Waals surface area contributed by atoms with Gasteiger partial charge in [0.1, 0.15) is 5.82 Å². The Labute approximate surface area is 201 Å². The van der Waals surface area contributed by atoms with E-state index < -0.39 is 0 Å². The summed E-state index contributed by atoms with van der Waals surface area (Å²) in [4.78, 5) is 11.0. The first-order valence-corrected chi connectivity index (χ1v) is 10.4. The highest BCUT2D eigenvalue weighted by atomic mass is 127. The molecule has 3 rings (SSSR count). The molecule has 1 aromatic heterocycles. The summed E-state index contributed by atoms with van der Waals surface area (Å²) in [6, 6.07) is 12.5. The number of aliphatic imine (C=N–C) groups is 1. The third kappa shape index (κ3) is 7.28.